The van der Waals surface area contributed by atoms with Gasteiger partial charge in [-0.2, -0.15) is 28.3 Å². The first-order valence-electron chi connectivity index (χ1n) is 8.19. The molecule has 0 saturated carbocycles. The zero-order chi connectivity index (χ0) is 18.4. The Bertz CT molecular complexity index is 874. The summed E-state index contributed by atoms with van der Waals surface area (Å²) in [6.45, 7) is 8.68. The maximum Gasteiger partial charge on any atom is -0.0771 e. The van der Waals surface area contributed by atoms with Gasteiger partial charge < -0.3 is 0 Å². The van der Waals surface area contributed by atoms with Crippen molar-refractivity contribution in [1.29, 1.82) is 0 Å². The van der Waals surface area contributed by atoms with Gasteiger partial charge in [-0.3, -0.25) is 0 Å². The molecular weight excluding hydrogens is 426 g/mol. The maximum absolute atomic E-state index is 4.93. The van der Waals surface area contributed by atoms with Crippen LogP contribution in [0.5, 0.6) is 0 Å². The van der Waals surface area contributed by atoms with Crippen molar-refractivity contribution < 1.29 is 20.8 Å². The van der Waals surface area contributed by atoms with E-state index >= 15 is 0 Å². The quantitative estimate of drug-likeness (QED) is 0.242. The van der Waals surface area contributed by atoms with Crippen molar-refractivity contribution in [1.82, 2.24) is 0 Å². The number of aryl methyl sites for hydroxylation is 2. The molecular formula is C22H22Cl2Zr. The Labute approximate surface area is 169 Å². The molecule has 0 aliphatic carbocycles. The minimum Gasteiger partial charge on any atom is -0.126 e. The molecule has 0 unspecified atom stereocenters. The Morgan fingerprint density at radius 3 is 1.32 bits per heavy atom. The minimum atomic E-state index is -0.826. The van der Waals surface area contributed by atoms with E-state index in [9.17, 15) is 0 Å². The van der Waals surface area contributed by atoms with Crippen LogP contribution in [0.1, 0.15) is 22.3 Å². The molecule has 0 aliphatic rings. The monoisotopic (exact) mass is 446 g/mol. The van der Waals surface area contributed by atoms with Gasteiger partial charge in [0.05, 0.1) is 0 Å². The summed E-state index contributed by atoms with van der Waals surface area (Å²) in [4.78, 5) is 0. The molecule has 0 N–H and O–H groups in total. The molecule has 4 aromatic carbocycles. The molecule has 0 aliphatic heterocycles. The molecule has 128 valence electrons. The van der Waals surface area contributed by atoms with Crippen molar-refractivity contribution in [2.24, 2.45) is 0 Å². The fraction of sp³-hybridized carbons (Fsp3) is 0.182. The SMILES string of the molecule is Cc1[cH-]c(C)c(C)c1C.[Cl][Zr+2][Cl].c1ccc2c(c1)[cH-]c1ccccc12. The van der Waals surface area contributed by atoms with Crippen LogP contribution in [0.4, 0.5) is 0 Å². The Morgan fingerprint density at radius 1 is 0.640 bits per heavy atom. The van der Waals surface area contributed by atoms with Crippen LogP contribution in [-0.2, 0) is 20.8 Å². The first-order valence-corrected chi connectivity index (χ1v) is 14.5. The number of benzene rings is 2. The van der Waals surface area contributed by atoms with Gasteiger partial charge in [0.1, 0.15) is 0 Å². The predicted octanol–water partition coefficient (Wildman–Crippen LogP) is 7.73. The largest absolute Gasteiger partial charge is 0.126 e. The fourth-order valence-electron chi connectivity index (χ4n) is 3.04. The second kappa shape index (κ2) is 9.72. The predicted molar refractivity (Wildman–Crippen MR) is 110 cm³/mol. The van der Waals surface area contributed by atoms with Gasteiger partial charge in [-0.15, -0.1) is 39.7 Å². The summed E-state index contributed by atoms with van der Waals surface area (Å²) in [5, 5.41) is 5.39. The second-order valence-corrected chi connectivity index (χ2v) is 9.88. The second-order valence-electron chi connectivity index (χ2n) is 6.15. The van der Waals surface area contributed by atoms with Crippen LogP contribution in [-0.4, -0.2) is 0 Å². The van der Waals surface area contributed by atoms with E-state index in [2.05, 4.69) is 88.4 Å². The van der Waals surface area contributed by atoms with E-state index in [4.69, 9.17) is 17.0 Å². The Morgan fingerprint density at radius 2 is 1.00 bits per heavy atom. The summed E-state index contributed by atoms with van der Waals surface area (Å²) < 4.78 is 0. The van der Waals surface area contributed by atoms with Crippen LogP contribution >= 0.6 is 17.0 Å². The average Bonchev–Trinajstić information content (AvgIpc) is 3.09. The minimum absolute atomic E-state index is 0.826. The average molecular weight is 449 g/mol. The van der Waals surface area contributed by atoms with Gasteiger partial charge >= 0.3 is 37.9 Å². The zero-order valence-electron chi connectivity index (χ0n) is 15.0. The molecule has 0 bridgehead atoms. The van der Waals surface area contributed by atoms with Crippen LogP contribution in [0.25, 0.3) is 21.5 Å². The molecule has 0 fully saturated rings. The zero-order valence-corrected chi connectivity index (χ0v) is 19.0. The van der Waals surface area contributed by atoms with E-state index in [1.165, 1.54) is 43.8 Å². The van der Waals surface area contributed by atoms with Crippen LogP contribution in [0.3, 0.4) is 0 Å². The van der Waals surface area contributed by atoms with Crippen LogP contribution in [0, 0.1) is 27.7 Å². The molecule has 3 heteroatoms. The van der Waals surface area contributed by atoms with Crippen molar-refractivity contribution >= 4 is 38.6 Å². The van der Waals surface area contributed by atoms with Gasteiger partial charge in [0, 0.05) is 0 Å². The summed E-state index contributed by atoms with van der Waals surface area (Å²) in [6.07, 6.45) is 0. The van der Waals surface area contributed by atoms with E-state index in [1.54, 1.807) is 0 Å². The number of hydrogen-bond donors (Lipinski definition) is 0. The smallest absolute Gasteiger partial charge is 0.0771 e. The van der Waals surface area contributed by atoms with E-state index in [0.29, 0.717) is 0 Å². The third kappa shape index (κ3) is 5.07. The molecule has 25 heavy (non-hydrogen) atoms. The molecule has 4 aromatic rings. The van der Waals surface area contributed by atoms with Crippen molar-refractivity contribution in [3.05, 3.63) is 82.9 Å². The van der Waals surface area contributed by atoms with Crippen molar-refractivity contribution in [2.75, 3.05) is 0 Å². The number of rotatable bonds is 0. The van der Waals surface area contributed by atoms with E-state index in [-0.39, 0.29) is 0 Å². The van der Waals surface area contributed by atoms with E-state index < -0.39 is 20.8 Å². The topological polar surface area (TPSA) is 0 Å². The van der Waals surface area contributed by atoms with Gasteiger partial charge in [0.15, 0.2) is 0 Å². The molecule has 0 aromatic heterocycles. The Kier molecular flexibility index (Phi) is 7.94. The number of hydrogen-bond acceptors (Lipinski definition) is 0. The summed E-state index contributed by atoms with van der Waals surface area (Å²) >= 11 is -0.826. The van der Waals surface area contributed by atoms with Crippen LogP contribution in [0.2, 0.25) is 0 Å². The van der Waals surface area contributed by atoms with Gasteiger partial charge in [-0.05, 0) is 0 Å². The molecule has 0 radical (unpaired) electrons. The maximum atomic E-state index is 4.93. The number of halogens is 2. The Balaban J connectivity index is 0.000000165. The molecule has 0 saturated heterocycles. The normalized spacial score (nSPS) is 9.84. The molecule has 4 rings (SSSR count). The van der Waals surface area contributed by atoms with Gasteiger partial charge in [0.25, 0.3) is 0 Å². The Hall–Kier alpha value is -0.877. The molecule has 0 heterocycles. The first-order chi connectivity index (χ1) is 12.0. The first kappa shape index (κ1) is 20.4. The summed E-state index contributed by atoms with van der Waals surface area (Å²) in [7, 11) is 9.87. The molecule has 0 atom stereocenters. The standard InChI is InChI=1S/C13H9.C9H13.2ClH.Zr/c1-3-7-12-10(5-1)9-11-6-2-4-8-13(11)12;1-6-5-7(2)9(4)8(6)3;;;/h1-9H;5H,1-4H3;2*1H;/q2*-1;;;+4/p-2. The molecule has 0 amide bonds. The van der Waals surface area contributed by atoms with Gasteiger partial charge in [-0.1, -0.05) is 64.1 Å². The summed E-state index contributed by atoms with van der Waals surface area (Å²) in [5.74, 6) is 0. The fourth-order valence-corrected chi connectivity index (χ4v) is 3.04. The van der Waals surface area contributed by atoms with Crippen LogP contribution < -0.4 is 0 Å². The third-order valence-corrected chi connectivity index (χ3v) is 4.70. The van der Waals surface area contributed by atoms with Crippen molar-refractivity contribution in [2.45, 2.75) is 27.7 Å². The molecule has 0 spiro atoms. The van der Waals surface area contributed by atoms with Crippen molar-refractivity contribution in [3.63, 3.8) is 0 Å². The third-order valence-electron chi connectivity index (χ3n) is 4.70. The number of fused-ring (bicyclic) bond motifs is 3. The van der Waals surface area contributed by atoms with Gasteiger partial charge in [0.2, 0.25) is 0 Å². The van der Waals surface area contributed by atoms with E-state index in [0.717, 1.165) is 0 Å². The molecule has 0 nitrogen and oxygen atoms in total. The summed E-state index contributed by atoms with van der Waals surface area (Å²) in [5.41, 5.74) is 5.75. The van der Waals surface area contributed by atoms with Gasteiger partial charge in [-0.25, -0.2) is 0 Å². The van der Waals surface area contributed by atoms with Crippen LogP contribution in [0.15, 0.2) is 60.7 Å². The van der Waals surface area contributed by atoms with E-state index in [1.807, 2.05) is 0 Å². The summed E-state index contributed by atoms with van der Waals surface area (Å²) in [6, 6.07) is 21.5. The van der Waals surface area contributed by atoms with Crippen molar-refractivity contribution in [3.8, 4) is 0 Å².